The normalized spacial score (nSPS) is 13.9. The number of esters is 2. The van der Waals surface area contributed by atoms with Crippen molar-refractivity contribution < 1.29 is 38.2 Å². The maximum absolute atomic E-state index is 12.7. The van der Waals surface area contributed by atoms with E-state index in [1.165, 1.54) is 38.5 Å². The Bertz CT molecular complexity index is 1390. The molecule has 0 spiro atoms. The molecule has 0 radical (unpaired) electrons. The zero-order chi connectivity index (χ0) is 46.3. The number of unbranched alkanes of at least 4 members (excludes halogenated alkanes) is 10. The average Bonchev–Trinajstić information content (AvgIpc) is 3.24. The highest BCUT2D eigenvalue weighted by molar-refractivity contribution is 5.70. The van der Waals surface area contributed by atoms with Crippen molar-refractivity contribution >= 4 is 17.9 Å². The molecule has 0 bridgehead atoms. The molecule has 2 atom stereocenters. The van der Waals surface area contributed by atoms with Gasteiger partial charge in [-0.05, 0) is 89.9 Å². The van der Waals surface area contributed by atoms with E-state index >= 15 is 0 Å². The first kappa shape index (κ1) is 59.0. The van der Waals surface area contributed by atoms with Gasteiger partial charge in [0.1, 0.15) is 12.6 Å². The second-order valence-corrected chi connectivity index (χ2v) is 16.9. The largest absolute Gasteiger partial charge is 0.544 e. The van der Waals surface area contributed by atoms with Crippen LogP contribution in [-0.2, 0) is 28.6 Å². The van der Waals surface area contributed by atoms with Gasteiger partial charge in [0.15, 0.2) is 6.10 Å². The summed E-state index contributed by atoms with van der Waals surface area (Å²) in [6.07, 6.45) is 61.2. The Morgan fingerprint density at radius 3 is 1.29 bits per heavy atom. The third-order valence-corrected chi connectivity index (χ3v) is 10.2. The molecule has 8 nitrogen and oxygen atoms in total. The molecule has 0 aromatic rings. The van der Waals surface area contributed by atoms with Crippen molar-refractivity contribution in [3.05, 3.63) is 109 Å². The number of carboxylic acid groups (broad SMARTS) is 1. The first-order valence-corrected chi connectivity index (χ1v) is 24.4. The van der Waals surface area contributed by atoms with Crippen LogP contribution >= 0.6 is 0 Å². The molecule has 0 fully saturated rings. The van der Waals surface area contributed by atoms with Crippen molar-refractivity contribution in [2.45, 2.75) is 180 Å². The summed E-state index contributed by atoms with van der Waals surface area (Å²) in [5.74, 6) is -1.83. The van der Waals surface area contributed by atoms with E-state index in [0.29, 0.717) is 12.8 Å². The predicted molar refractivity (Wildman–Crippen MR) is 263 cm³/mol. The summed E-state index contributed by atoms with van der Waals surface area (Å²) < 4.78 is 17.1. The van der Waals surface area contributed by atoms with Crippen molar-refractivity contribution in [3.63, 3.8) is 0 Å². The van der Waals surface area contributed by atoms with Crippen LogP contribution in [0.1, 0.15) is 168 Å². The lowest BCUT2D eigenvalue weighted by Gasteiger charge is -2.34. The first-order chi connectivity index (χ1) is 30.6. The number of carbonyl (C=O) groups is 3. The van der Waals surface area contributed by atoms with Crippen LogP contribution in [0.5, 0.6) is 0 Å². The lowest BCUT2D eigenvalue weighted by molar-refractivity contribution is -0.889. The van der Waals surface area contributed by atoms with Gasteiger partial charge in [0.25, 0.3) is 0 Å². The highest BCUT2D eigenvalue weighted by atomic mass is 16.6. The second kappa shape index (κ2) is 44.6. The van der Waals surface area contributed by atoms with Crippen LogP contribution < -0.4 is 5.11 Å². The first-order valence-electron chi connectivity index (χ1n) is 24.4. The van der Waals surface area contributed by atoms with Crippen LogP contribution in [0.15, 0.2) is 109 Å². The van der Waals surface area contributed by atoms with Gasteiger partial charge in [-0.3, -0.25) is 9.59 Å². The standard InChI is InChI=1S/C55H89NO7/c1-6-8-10-12-14-16-18-20-22-24-26-28-30-32-34-36-38-40-42-44-46-54(58)63-51(49-61-48-47-52(55(59)60)56(3,4)5)50-62-53(57)45-43-41-39-37-35-33-31-29-27-25-23-21-19-17-15-13-11-9-7-2/h8-11,14-17,20-23,26,28,32,34,38,40,51-52H,6-7,12-13,18-19,24-25,27,29-31,33,35-37,39,41-50H2,1-5H3/b10-8+,11-9+,16-14+,17-15+,22-20+,23-21+,28-26+,34-32+,40-38+. The minimum Gasteiger partial charge on any atom is -0.544 e. The molecule has 0 aromatic heterocycles. The van der Waals surface area contributed by atoms with E-state index in [2.05, 4.69) is 123 Å². The number of likely N-dealkylation sites (N-methyl/N-ethyl adjacent to an activating group) is 1. The number of nitrogens with zero attached hydrogens (tertiary/aromatic N) is 1. The Kier molecular flexibility index (Phi) is 41.8. The maximum atomic E-state index is 12.7. The van der Waals surface area contributed by atoms with Crippen LogP contribution in [0.25, 0.3) is 0 Å². The fourth-order valence-electron chi connectivity index (χ4n) is 6.45. The van der Waals surface area contributed by atoms with Crippen molar-refractivity contribution in [1.82, 2.24) is 0 Å². The lowest BCUT2D eigenvalue weighted by atomic mass is 10.1. The molecule has 0 aliphatic heterocycles. The van der Waals surface area contributed by atoms with Gasteiger partial charge in [-0.15, -0.1) is 0 Å². The molecule has 2 unspecified atom stereocenters. The Hall–Kier alpha value is -4.01. The Labute approximate surface area is 385 Å². The van der Waals surface area contributed by atoms with E-state index in [1.807, 2.05) is 0 Å². The highest BCUT2D eigenvalue weighted by Gasteiger charge is 2.25. The van der Waals surface area contributed by atoms with Gasteiger partial charge < -0.3 is 28.6 Å². The molecular weight excluding hydrogens is 787 g/mol. The molecule has 0 saturated heterocycles. The van der Waals surface area contributed by atoms with Crippen molar-refractivity contribution in [1.29, 1.82) is 0 Å². The molecule has 0 rings (SSSR count). The number of carbonyl (C=O) groups excluding carboxylic acids is 3. The monoisotopic (exact) mass is 876 g/mol. The maximum Gasteiger partial charge on any atom is 0.306 e. The molecule has 0 amide bonds. The summed E-state index contributed by atoms with van der Waals surface area (Å²) in [7, 11) is 5.38. The number of hydrogen-bond acceptors (Lipinski definition) is 7. The van der Waals surface area contributed by atoms with Gasteiger partial charge in [-0.25, -0.2) is 0 Å². The average molecular weight is 876 g/mol. The second-order valence-electron chi connectivity index (χ2n) is 16.9. The molecule has 0 heterocycles. The van der Waals surface area contributed by atoms with E-state index in [4.69, 9.17) is 14.2 Å². The molecule has 0 aliphatic rings. The van der Waals surface area contributed by atoms with Gasteiger partial charge >= 0.3 is 11.9 Å². The van der Waals surface area contributed by atoms with Crippen LogP contribution in [0.4, 0.5) is 0 Å². The molecule has 8 heteroatoms. The Morgan fingerprint density at radius 1 is 0.476 bits per heavy atom. The number of carboxylic acids is 1. The topological polar surface area (TPSA) is 102 Å². The van der Waals surface area contributed by atoms with E-state index in [1.54, 1.807) is 21.1 Å². The molecule has 0 saturated carbocycles. The van der Waals surface area contributed by atoms with Crippen molar-refractivity contribution in [2.75, 3.05) is 41.0 Å². The van der Waals surface area contributed by atoms with Gasteiger partial charge in [0.2, 0.25) is 0 Å². The predicted octanol–water partition coefficient (Wildman–Crippen LogP) is 12.7. The molecule has 63 heavy (non-hydrogen) atoms. The molecule has 0 aliphatic carbocycles. The van der Waals surface area contributed by atoms with Crippen molar-refractivity contribution in [3.8, 4) is 0 Å². The highest BCUT2D eigenvalue weighted by Crippen LogP contribution is 2.13. The Balaban J connectivity index is 4.41. The Morgan fingerprint density at radius 2 is 0.857 bits per heavy atom. The molecule has 356 valence electrons. The minimum atomic E-state index is -1.14. The fourth-order valence-corrected chi connectivity index (χ4v) is 6.45. The van der Waals surface area contributed by atoms with Crippen LogP contribution in [0.2, 0.25) is 0 Å². The van der Waals surface area contributed by atoms with E-state index in [0.717, 1.165) is 89.9 Å². The lowest BCUT2D eigenvalue weighted by Crippen LogP contribution is -2.55. The molecular formula is C55H89NO7. The van der Waals surface area contributed by atoms with E-state index < -0.39 is 18.1 Å². The third-order valence-electron chi connectivity index (χ3n) is 10.2. The van der Waals surface area contributed by atoms with Crippen LogP contribution in [0, 0.1) is 0 Å². The van der Waals surface area contributed by atoms with E-state index in [9.17, 15) is 19.5 Å². The molecule has 0 aromatic carbocycles. The van der Waals surface area contributed by atoms with Crippen LogP contribution in [0.3, 0.4) is 0 Å². The quantitative estimate of drug-likeness (QED) is 0.0260. The fraction of sp³-hybridized carbons (Fsp3) is 0.618. The number of quaternary nitrogens is 1. The summed E-state index contributed by atoms with van der Waals surface area (Å²) in [5, 5.41) is 11.7. The summed E-state index contributed by atoms with van der Waals surface area (Å²) in [5.41, 5.74) is 0. The number of ether oxygens (including phenoxy) is 3. The summed E-state index contributed by atoms with van der Waals surface area (Å²) in [4.78, 5) is 37.0. The van der Waals surface area contributed by atoms with Crippen molar-refractivity contribution in [2.24, 2.45) is 0 Å². The van der Waals surface area contributed by atoms with Gasteiger partial charge in [0, 0.05) is 19.3 Å². The van der Waals surface area contributed by atoms with Gasteiger partial charge in [-0.2, -0.15) is 0 Å². The number of allylic oxidation sites excluding steroid dienone is 18. The minimum absolute atomic E-state index is 0.00874. The summed E-state index contributed by atoms with van der Waals surface area (Å²) in [6, 6.07) is -0.744. The third kappa shape index (κ3) is 43.0. The zero-order valence-electron chi connectivity index (χ0n) is 40.4. The zero-order valence-corrected chi connectivity index (χ0v) is 40.4. The van der Waals surface area contributed by atoms with Gasteiger partial charge in [-0.1, -0.05) is 168 Å². The number of hydrogen-bond donors (Lipinski definition) is 0. The SMILES string of the molecule is CC/C=C/C/C=C/C/C=C/C/C=C/C/C=C/C/C=C/CCCC(=O)OC(COCCC(C(=O)[O-])[N+](C)(C)C)COC(=O)CCCCCCCCCCC/C=C/C/C=C/C/C=C/CC. The number of rotatable bonds is 42. The van der Waals surface area contributed by atoms with E-state index in [-0.39, 0.29) is 49.1 Å². The van der Waals surface area contributed by atoms with Crippen LogP contribution in [-0.4, -0.2) is 75.5 Å². The molecule has 0 N–H and O–H groups in total. The summed E-state index contributed by atoms with van der Waals surface area (Å²) in [6.45, 7) is 4.36. The summed E-state index contributed by atoms with van der Waals surface area (Å²) >= 11 is 0. The number of aliphatic carboxylic acids is 1. The smallest absolute Gasteiger partial charge is 0.306 e. The van der Waals surface area contributed by atoms with Gasteiger partial charge in [0.05, 0.1) is 40.3 Å².